The van der Waals surface area contributed by atoms with Gasteiger partial charge in [-0.05, 0) is 23.7 Å². The summed E-state index contributed by atoms with van der Waals surface area (Å²) in [4.78, 5) is 25.0. The lowest BCUT2D eigenvalue weighted by atomic mass is 10.1. The van der Waals surface area contributed by atoms with Crippen LogP contribution in [0.3, 0.4) is 0 Å². The molecule has 0 aliphatic carbocycles. The first kappa shape index (κ1) is 10.4. The number of carbonyl (C=O) groups is 2. The van der Waals surface area contributed by atoms with Gasteiger partial charge >= 0.3 is 0 Å². The molecule has 0 fully saturated rings. The zero-order valence-corrected chi connectivity index (χ0v) is 9.72. The largest absolute Gasteiger partial charge is 0.360 e. The molecule has 1 N–H and O–H groups in total. The molecule has 0 radical (unpaired) electrons. The van der Waals surface area contributed by atoms with Gasteiger partial charge in [0, 0.05) is 21.6 Å². The van der Waals surface area contributed by atoms with Crippen LogP contribution in [-0.4, -0.2) is 16.0 Å². The molecule has 3 nitrogen and oxygen atoms in total. The van der Waals surface area contributed by atoms with Crippen LogP contribution >= 0.6 is 27.5 Å². The van der Waals surface area contributed by atoms with Crippen LogP contribution in [0, 0.1) is 0 Å². The molecule has 0 amide bonds. The summed E-state index contributed by atoms with van der Waals surface area (Å²) < 4.78 is 0.896. The maximum Gasteiger partial charge on any atom is 0.293 e. The Hall–Kier alpha value is -1.13. The number of ketones is 1. The predicted molar refractivity (Wildman–Crippen MR) is 61.2 cm³/mol. The smallest absolute Gasteiger partial charge is 0.293 e. The molecule has 0 saturated heterocycles. The number of carbonyl (C=O) groups excluding carboxylic acids is 2. The predicted octanol–water partition coefficient (Wildman–Crippen LogP) is 2.88. The molecule has 1 aromatic heterocycles. The van der Waals surface area contributed by atoms with E-state index >= 15 is 0 Å². The molecule has 2 aromatic rings. The van der Waals surface area contributed by atoms with Gasteiger partial charge in [0.15, 0.2) is 0 Å². The molecule has 0 saturated carbocycles. The molecule has 76 valence electrons. The van der Waals surface area contributed by atoms with Crippen LogP contribution in [0.15, 0.2) is 28.9 Å². The van der Waals surface area contributed by atoms with Crippen molar-refractivity contribution < 1.29 is 9.59 Å². The Balaban J connectivity index is 2.64. The lowest BCUT2D eigenvalue weighted by Crippen LogP contribution is -2.06. The van der Waals surface area contributed by atoms with Crippen molar-refractivity contribution in [1.29, 1.82) is 0 Å². The number of H-pyrrole nitrogens is 1. The molecule has 1 aromatic carbocycles. The first-order valence-electron chi connectivity index (χ1n) is 4.10. The molecule has 0 atom stereocenters. The standard InChI is InChI=1S/C10H5BrClNO2/c11-5-1-2-6-7(9(14)10(12)15)4-13-8(6)3-5/h1-4,13H. The second-order valence-corrected chi connectivity index (χ2v) is 4.25. The van der Waals surface area contributed by atoms with Gasteiger partial charge in [0.05, 0.1) is 5.56 Å². The number of nitrogens with one attached hydrogen (secondary N) is 1. The van der Waals surface area contributed by atoms with Crippen LogP contribution in [0.4, 0.5) is 0 Å². The summed E-state index contributed by atoms with van der Waals surface area (Å²) in [7, 11) is 0. The number of Topliss-reactive ketones (excluding diaryl/α,β-unsaturated/α-hetero) is 1. The monoisotopic (exact) mass is 285 g/mol. The number of benzene rings is 1. The SMILES string of the molecule is O=C(Cl)C(=O)c1c[nH]c2cc(Br)ccc12. The van der Waals surface area contributed by atoms with E-state index < -0.39 is 11.0 Å². The van der Waals surface area contributed by atoms with Crippen molar-refractivity contribution >= 4 is 49.5 Å². The summed E-state index contributed by atoms with van der Waals surface area (Å²) >= 11 is 8.45. The fraction of sp³-hybridized carbons (Fsp3) is 0. The molecule has 0 aliphatic rings. The molecule has 5 heteroatoms. The van der Waals surface area contributed by atoms with Crippen LogP contribution in [0.5, 0.6) is 0 Å². The lowest BCUT2D eigenvalue weighted by Gasteiger charge is -1.94. The molecule has 15 heavy (non-hydrogen) atoms. The minimum absolute atomic E-state index is 0.303. The van der Waals surface area contributed by atoms with Crippen molar-refractivity contribution in [2.75, 3.05) is 0 Å². The number of aromatic amines is 1. The third kappa shape index (κ3) is 1.82. The Bertz CT molecular complexity index is 562. The van der Waals surface area contributed by atoms with Crippen molar-refractivity contribution in [1.82, 2.24) is 4.98 Å². The Kier molecular flexibility index (Phi) is 2.63. The first-order valence-corrected chi connectivity index (χ1v) is 5.27. The van der Waals surface area contributed by atoms with E-state index in [4.69, 9.17) is 11.6 Å². The summed E-state index contributed by atoms with van der Waals surface area (Å²) in [6.45, 7) is 0. The molecule has 0 unspecified atom stereocenters. The molecule has 0 bridgehead atoms. The second kappa shape index (κ2) is 3.79. The Morgan fingerprint density at radius 1 is 1.33 bits per heavy atom. The van der Waals surface area contributed by atoms with E-state index in [1.165, 1.54) is 6.20 Å². The normalized spacial score (nSPS) is 10.5. The molecule has 0 spiro atoms. The van der Waals surface area contributed by atoms with Gasteiger partial charge in [0.1, 0.15) is 0 Å². The highest BCUT2D eigenvalue weighted by Gasteiger charge is 2.17. The van der Waals surface area contributed by atoms with Gasteiger partial charge in [-0.15, -0.1) is 0 Å². The van der Waals surface area contributed by atoms with Crippen LogP contribution in [-0.2, 0) is 4.79 Å². The zero-order chi connectivity index (χ0) is 11.0. The lowest BCUT2D eigenvalue weighted by molar-refractivity contribution is -0.108. The Morgan fingerprint density at radius 2 is 2.07 bits per heavy atom. The van der Waals surface area contributed by atoms with Gasteiger partial charge in [-0.3, -0.25) is 9.59 Å². The summed E-state index contributed by atoms with van der Waals surface area (Å²) in [6, 6.07) is 5.37. The summed E-state index contributed by atoms with van der Waals surface area (Å²) in [5.74, 6) is -0.690. The second-order valence-electron chi connectivity index (χ2n) is 3.00. The number of fused-ring (bicyclic) bond motifs is 1. The van der Waals surface area contributed by atoms with E-state index in [-0.39, 0.29) is 0 Å². The van der Waals surface area contributed by atoms with Gasteiger partial charge in [0.2, 0.25) is 5.78 Å². The average molecular weight is 287 g/mol. The summed E-state index contributed by atoms with van der Waals surface area (Å²) in [5, 5.41) is -0.281. The maximum absolute atomic E-state index is 11.4. The Labute approximate surface area is 98.5 Å². The summed E-state index contributed by atoms with van der Waals surface area (Å²) in [6.07, 6.45) is 1.49. The van der Waals surface area contributed by atoms with Crippen LogP contribution in [0.25, 0.3) is 10.9 Å². The van der Waals surface area contributed by atoms with Crippen molar-refractivity contribution in [3.63, 3.8) is 0 Å². The molecular weight excluding hydrogens is 281 g/mol. The van der Waals surface area contributed by atoms with E-state index in [2.05, 4.69) is 20.9 Å². The molecule has 0 aliphatic heterocycles. The Morgan fingerprint density at radius 3 is 2.73 bits per heavy atom. The molecular formula is C10H5BrClNO2. The number of rotatable bonds is 2. The zero-order valence-electron chi connectivity index (χ0n) is 7.38. The maximum atomic E-state index is 11.4. The van der Waals surface area contributed by atoms with Crippen molar-refractivity contribution in [3.05, 3.63) is 34.4 Å². The third-order valence-electron chi connectivity index (χ3n) is 2.07. The number of hydrogen-bond acceptors (Lipinski definition) is 2. The van der Waals surface area contributed by atoms with Gasteiger partial charge in [-0.2, -0.15) is 0 Å². The minimum Gasteiger partial charge on any atom is -0.360 e. The first-order chi connectivity index (χ1) is 7.09. The van der Waals surface area contributed by atoms with Crippen LogP contribution < -0.4 is 0 Å². The van der Waals surface area contributed by atoms with Crippen molar-refractivity contribution in [2.45, 2.75) is 0 Å². The van der Waals surface area contributed by atoms with E-state index in [1.54, 1.807) is 12.1 Å². The summed E-state index contributed by atoms with van der Waals surface area (Å²) in [5.41, 5.74) is 1.09. The van der Waals surface area contributed by atoms with E-state index in [1.807, 2.05) is 6.07 Å². The van der Waals surface area contributed by atoms with Gasteiger partial charge < -0.3 is 4.98 Å². The van der Waals surface area contributed by atoms with Gasteiger partial charge in [-0.25, -0.2) is 0 Å². The fourth-order valence-corrected chi connectivity index (χ4v) is 1.86. The van der Waals surface area contributed by atoms with E-state index in [0.717, 1.165) is 9.99 Å². The van der Waals surface area contributed by atoms with Gasteiger partial charge in [-0.1, -0.05) is 22.0 Å². The number of hydrogen-bond donors (Lipinski definition) is 1. The average Bonchev–Trinajstić information content (AvgIpc) is 2.59. The van der Waals surface area contributed by atoms with E-state index in [9.17, 15) is 9.59 Å². The molecule has 2 rings (SSSR count). The highest BCUT2D eigenvalue weighted by atomic mass is 79.9. The highest BCUT2D eigenvalue weighted by Crippen LogP contribution is 2.22. The number of aromatic nitrogens is 1. The quantitative estimate of drug-likeness (QED) is 0.524. The molecule has 1 heterocycles. The van der Waals surface area contributed by atoms with Crippen LogP contribution in [0.2, 0.25) is 0 Å². The number of halogens is 2. The highest BCUT2D eigenvalue weighted by molar-refractivity contribution is 9.10. The fourth-order valence-electron chi connectivity index (χ4n) is 1.39. The van der Waals surface area contributed by atoms with Crippen molar-refractivity contribution in [3.8, 4) is 0 Å². The topological polar surface area (TPSA) is 49.9 Å². The minimum atomic E-state index is -0.973. The van der Waals surface area contributed by atoms with E-state index in [0.29, 0.717) is 10.9 Å². The van der Waals surface area contributed by atoms with Crippen molar-refractivity contribution in [2.24, 2.45) is 0 Å². The third-order valence-corrected chi connectivity index (χ3v) is 2.73. The van der Waals surface area contributed by atoms with Gasteiger partial charge in [0.25, 0.3) is 5.24 Å². The van der Waals surface area contributed by atoms with Crippen LogP contribution in [0.1, 0.15) is 10.4 Å².